The van der Waals surface area contributed by atoms with Gasteiger partial charge in [-0.3, -0.25) is 4.40 Å². The van der Waals surface area contributed by atoms with Crippen molar-refractivity contribution in [3.8, 4) is 11.6 Å². The summed E-state index contributed by atoms with van der Waals surface area (Å²) in [6.07, 6.45) is 5.05. The number of hydrogen-bond acceptors (Lipinski definition) is 5. The van der Waals surface area contributed by atoms with Crippen molar-refractivity contribution in [1.29, 1.82) is 0 Å². The SMILES string of the molecule is CNCc1ccccc1Oc1nccn2cnnc12. The normalized spacial score (nSPS) is 10.8. The van der Waals surface area contributed by atoms with Gasteiger partial charge in [-0.05, 0) is 13.1 Å². The van der Waals surface area contributed by atoms with Crippen molar-refractivity contribution in [1.82, 2.24) is 24.9 Å². The van der Waals surface area contributed by atoms with Crippen molar-refractivity contribution >= 4 is 5.65 Å². The molecule has 6 heteroatoms. The number of para-hydroxylation sites is 1. The highest BCUT2D eigenvalue weighted by molar-refractivity contribution is 5.50. The first-order chi connectivity index (χ1) is 9.38. The van der Waals surface area contributed by atoms with Crippen LogP contribution in [0, 0.1) is 0 Å². The Morgan fingerprint density at radius 2 is 2.21 bits per heavy atom. The van der Waals surface area contributed by atoms with Crippen LogP contribution in [0.5, 0.6) is 11.6 Å². The summed E-state index contributed by atoms with van der Waals surface area (Å²) in [6, 6.07) is 7.83. The van der Waals surface area contributed by atoms with E-state index in [0.717, 1.165) is 17.9 Å². The molecule has 0 bridgehead atoms. The molecular weight excluding hydrogens is 242 g/mol. The minimum Gasteiger partial charge on any atom is -0.436 e. The molecule has 0 aliphatic heterocycles. The van der Waals surface area contributed by atoms with Crippen LogP contribution in [-0.4, -0.2) is 26.6 Å². The molecule has 0 radical (unpaired) electrons. The van der Waals surface area contributed by atoms with E-state index in [4.69, 9.17) is 4.74 Å². The first-order valence-electron chi connectivity index (χ1n) is 5.93. The second-order valence-electron chi connectivity index (χ2n) is 4.03. The van der Waals surface area contributed by atoms with E-state index >= 15 is 0 Å². The van der Waals surface area contributed by atoms with Crippen molar-refractivity contribution in [3.63, 3.8) is 0 Å². The van der Waals surface area contributed by atoms with Gasteiger partial charge in [0.25, 0.3) is 5.88 Å². The van der Waals surface area contributed by atoms with E-state index in [1.807, 2.05) is 31.3 Å². The molecule has 0 fully saturated rings. The zero-order chi connectivity index (χ0) is 13.1. The standard InChI is InChI=1S/C13H13N5O/c1-14-8-10-4-2-3-5-11(10)19-13-12-17-16-9-18(12)7-6-15-13/h2-7,9,14H,8H2,1H3. The van der Waals surface area contributed by atoms with Gasteiger partial charge in [-0.2, -0.15) is 0 Å². The Morgan fingerprint density at radius 3 is 3.11 bits per heavy atom. The number of aromatic nitrogens is 4. The molecule has 96 valence electrons. The number of nitrogens with one attached hydrogen (secondary N) is 1. The number of ether oxygens (including phenoxy) is 1. The maximum absolute atomic E-state index is 5.86. The van der Waals surface area contributed by atoms with Crippen molar-refractivity contribution in [2.75, 3.05) is 7.05 Å². The minimum atomic E-state index is 0.448. The zero-order valence-electron chi connectivity index (χ0n) is 10.4. The Kier molecular flexibility index (Phi) is 3.07. The van der Waals surface area contributed by atoms with Crippen LogP contribution in [0.25, 0.3) is 5.65 Å². The summed E-state index contributed by atoms with van der Waals surface area (Å²) in [5.41, 5.74) is 1.66. The molecule has 0 saturated carbocycles. The summed E-state index contributed by atoms with van der Waals surface area (Å²) in [7, 11) is 1.90. The molecule has 0 amide bonds. The molecule has 2 aromatic heterocycles. The van der Waals surface area contributed by atoms with E-state index in [9.17, 15) is 0 Å². The third-order valence-electron chi connectivity index (χ3n) is 2.73. The average Bonchev–Trinajstić information content (AvgIpc) is 2.91. The minimum absolute atomic E-state index is 0.448. The number of benzene rings is 1. The average molecular weight is 255 g/mol. The molecule has 0 aliphatic carbocycles. The largest absolute Gasteiger partial charge is 0.436 e. The zero-order valence-corrected chi connectivity index (χ0v) is 10.4. The van der Waals surface area contributed by atoms with E-state index in [1.165, 1.54) is 0 Å². The van der Waals surface area contributed by atoms with Gasteiger partial charge in [-0.25, -0.2) is 4.98 Å². The summed E-state index contributed by atoms with van der Waals surface area (Å²) in [5, 5.41) is 11.0. The molecule has 0 unspecified atom stereocenters. The molecule has 0 atom stereocenters. The summed E-state index contributed by atoms with van der Waals surface area (Å²) < 4.78 is 7.63. The molecule has 0 saturated heterocycles. The Morgan fingerprint density at radius 1 is 1.32 bits per heavy atom. The van der Waals surface area contributed by atoms with Crippen LogP contribution in [0.3, 0.4) is 0 Å². The Bertz CT molecular complexity index is 694. The van der Waals surface area contributed by atoms with E-state index in [0.29, 0.717) is 11.5 Å². The highest BCUT2D eigenvalue weighted by atomic mass is 16.5. The molecule has 3 aromatic rings. The van der Waals surface area contributed by atoms with Gasteiger partial charge >= 0.3 is 0 Å². The van der Waals surface area contributed by atoms with Crippen LogP contribution in [0.15, 0.2) is 43.0 Å². The molecule has 2 heterocycles. The monoisotopic (exact) mass is 255 g/mol. The van der Waals surface area contributed by atoms with Crippen LogP contribution in [0.1, 0.15) is 5.56 Å². The molecule has 1 aromatic carbocycles. The van der Waals surface area contributed by atoms with Gasteiger partial charge < -0.3 is 10.1 Å². The van der Waals surface area contributed by atoms with Crippen molar-refractivity contribution < 1.29 is 4.74 Å². The predicted octanol–water partition coefficient (Wildman–Crippen LogP) is 1.64. The fraction of sp³-hybridized carbons (Fsp3) is 0.154. The van der Waals surface area contributed by atoms with Gasteiger partial charge in [-0.1, -0.05) is 18.2 Å². The summed E-state index contributed by atoms with van der Waals surface area (Å²) in [5.74, 6) is 1.21. The quantitative estimate of drug-likeness (QED) is 0.767. The summed E-state index contributed by atoms with van der Waals surface area (Å²) >= 11 is 0. The van der Waals surface area contributed by atoms with Crippen LogP contribution in [-0.2, 0) is 6.54 Å². The van der Waals surface area contributed by atoms with E-state index < -0.39 is 0 Å². The fourth-order valence-electron chi connectivity index (χ4n) is 1.85. The first kappa shape index (κ1) is 11.6. The molecule has 0 aliphatic rings. The maximum atomic E-state index is 5.86. The first-order valence-corrected chi connectivity index (χ1v) is 5.93. The van der Waals surface area contributed by atoms with Gasteiger partial charge in [0, 0.05) is 24.5 Å². The molecule has 1 N–H and O–H groups in total. The molecule has 19 heavy (non-hydrogen) atoms. The highest BCUT2D eigenvalue weighted by Gasteiger charge is 2.09. The van der Waals surface area contributed by atoms with Gasteiger partial charge in [-0.15, -0.1) is 10.2 Å². The second-order valence-corrected chi connectivity index (χ2v) is 4.03. The topological polar surface area (TPSA) is 64.3 Å². The molecule has 0 spiro atoms. The van der Waals surface area contributed by atoms with Crippen molar-refractivity contribution in [2.24, 2.45) is 0 Å². The summed E-state index contributed by atoms with van der Waals surface area (Å²) in [6.45, 7) is 0.728. The fourth-order valence-corrected chi connectivity index (χ4v) is 1.85. The van der Waals surface area contributed by atoms with Gasteiger partial charge in [0.15, 0.2) is 0 Å². The number of nitrogens with zero attached hydrogens (tertiary/aromatic N) is 4. The molecule has 3 rings (SSSR count). The Hall–Kier alpha value is -2.47. The van der Waals surface area contributed by atoms with Crippen molar-refractivity contribution in [3.05, 3.63) is 48.5 Å². The van der Waals surface area contributed by atoms with E-state index in [2.05, 4.69) is 20.5 Å². The Labute approximate surface area is 110 Å². The maximum Gasteiger partial charge on any atom is 0.265 e. The van der Waals surface area contributed by atoms with Gasteiger partial charge in [0.1, 0.15) is 12.1 Å². The predicted molar refractivity (Wildman–Crippen MR) is 70.1 cm³/mol. The van der Waals surface area contributed by atoms with Gasteiger partial charge in [0.05, 0.1) is 0 Å². The number of fused-ring (bicyclic) bond motifs is 1. The third-order valence-corrected chi connectivity index (χ3v) is 2.73. The van der Waals surface area contributed by atoms with Gasteiger partial charge in [0.2, 0.25) is 5.65 Å². The second kappa shape index (κ2) is 5.03. The van der Waals surface area contributed by atoms with Crippen LogP contribution >= 0.6 is 0 Å². The number of rotatable bonds is 4. The molecule has 6 nitrogen and oxygen atoms in total. The smallest absolute Gasteiger partial charge is 0.265 e. The van der Waals surface area contributed by atoms with E-state index in [1.54, 1.807) is 23.1 Å². The van der Waals surface area contributed by atoms with Crippen LogP contribution in [0.2, 0.25) is 0 Å². The lowest BCUT2D eigenvalue weighted by Crippen LogP contribution is -2.06. The lowest BCUT2D eigenvalue weighted by Gasteiger charge is -2.10. The van der Waals surface area contributed by atoms with Crippen LogP contribution in [0.4, 0.5) is 0 Å². The van der Waals surface area contributed by atoms with Crippen LogP contribution < -0.4 is 10.1 Å². The highest BCUT2D eigenvalue weighted by Crippen LogP contribution is 2.25. The lowest BCUT2D eigenvalue weighted by atomic mass is 10.2. The Balaban J connectivity index is 1.99. The third kappa shape index (κ3) is 2.25. The van der Waals surface area contributed by atoms with E-state index in [-0.39, 0.29) is 0 Å². The summed E-state index contributed by atoms with van der Waals surface area (Å²) in [4.78, 5) is 4.21. The molecular formula is C13H13N5O. The lowest BCUT2D eigenvalue weighted by molar-refractivity contribution is 0.457. The van der Waals surface area contributed by atoms with Crippen molar-refractivity contribution in [2.45, 2.75) is 6.54 Å². The number of hydrogen-bond donors (Lipinski definition) is 1.